The van der Waals surface area contributed by atoms with Crippen molar-refractivity contribution in [3.8, 4) is 0 Å². The molecular formula is C37H69NO9P+. The molecular weight excluding hydrogens is 633 g/mol. The van der Waals surface area contributed by atoms with Gasteiger partial charge in [-0.1, -0.05) is 121 Å². The number of unbranched alkanes of at least 4 members (excludes halogenated alkanes) is 17. The lowest BCUT2D eigenvalue weighted by Gasteiger charge is -2.24. The Morgan fingerprint density at radius 2 is 1.21 bits per heavy atom. The molecule has 2 atom stereocenters. The lowest BCUT2D eigenvalue weighted by atomic mass is 10.0. The second kappa shape index (κ2) is 31.2. The summed E-state index contributed by atoms with van der Waals surface area (Å²) in [6.45, 7) is 2.08. The van der Waals surface area contributed by atoms with E-state index < -0.39 is 26.5 Å². The normalized spacial score (nSPS) is 13.9. The fourth-order valence-corrected chi connectivity index (χ4v) is 5.64. The molecule has 1 N–H and O–H groups in total. The molecule has 0 amide bonds. The van der Waals surface area contributed by atoms with Gasteiger partial charge < -0.3 is 18.9 Å². The molecule has 0 aliphatic carbocycles. The fraction of sp³-hybridized carbons (Fsp3) is 0.811. The van der Waals surface area contributed by atoms with Gasteiger partial charge in [0.05, 0.1) is 27.7 Å². The van der Waals surface area contributed by atoms with E-state index in [0.717, 1.165) is 57.7 Å². The molecule has 0 spiro atoms. The predicted molar refractivity (Wildman–Crippen MR) is 192 cm³/mol. The summed E-state index contributed by atoms with van der Waals surface area (Å²) in [6.07, 6.45) is 28.5. The van der Waals surface area contributed by atoms with Gasteiger partial charge in [-0.15, -0.1) is 0 Å². The van der Waals surface area contributed by atoms with Gasteiger partial charge in [-0.2, -0.15) is 0 Å². The Hall–Kier alpha value is -1.84. The van der Waals surface area contributed by atoms with Gasteiger partial charge in [0, 0.05) is 12.8 Å². The van der Waals surface area contributed by atoms with Crippen molar-refractivity contribution in [2.45, 2.75) is 148 Å². The number of hydrogen-bond acceptors (Lipinski definition) is 8. The van der Waals surface area contributed by atoms with Crippen LogP contribution in [0.3, 0.4) is 0 Å². The first kappa shape index (κ1) is 46.2. The number of aldehydes is 1. The van der Waals surface area contributed by atoms with Crippen LogP contribution in [-0.2, 0) is 37.5 Å². The molecule has 0 fully saturated rings. The van der Waals surface area contributed by atoms with E-state index in [1.807, 2.05) is 33.3 Å². The van der Waals surface area contributed by atoms with Crippen LogP contribution < -0.4 is 0 Å². The molecule has 0 heterocycles. The lowest BCUT2D eigenvalue weighted by Crippen LogP contribution is -2.37. The minimum atomic E-state index is -4.38. The van der Waals surface area contributed by atoms with Gasteiger partial charge >= 0.3 is 19.8 Å². The molecule has 0 rings (SSSR count). The van der Waals surface area contributed by atoms with Crippen LogP contribution in [0.2, 0.25) is 0 Å². The highest BCUT2D eigenvalue weighted by molar-refractivity contribution is 7.47. The highest BCUT2D eigenvalue weighted by atomic mass is 31.2. The molecule has 10 nitrogen and oxygen atoms in total. The van der Waals surface area contributed by atoms with Crippen molar-refractivity contribution in [1.82, 2.24) is 0 Å². The van der Waals surface area contributed by atoms with E-state index in [-0.39, 0.29) is 32.0 Å². The summed E-state index contributed by atoms with van der Waals surface area (Å²) < 4.78 is 34.0. The van der Waals surface area contributed by atoms with Crippen molar-refractivity contribution in [1.29, 1.82) is 0 Å². The largest absolute Gasteiger partial charge is 0.472 e. The van der Waals surface area contributed by atoms with Crippen LogP contribution in [0.1, 0.15) is 142 Å². The molecule has 0 aliphatic heterocycles. The van der Waals surface area contributed by atoms with E-state index in [0.29, 0.717) is 17.4 Å². The SMILES string of the molecule is CCCCCCCCCCCCCCCC(=O)OC[C@H](COP(=O)(O)OCC[N+](C)(C)C)OC(=O)CCCCCCC/C=C/C=C/C=O. The first-order chi connectivity index (χ1) is 23.0. The Morgan fingerprint density at radius 1 is 0.688 bits per heavy atom. The molecule has 48 heavy (non-hydrogen) atoms. The van der Waals surface area contributed by atoms with Crippen LogP contribution in [-0.4, -0.2) is 81.2 Å². The summed E-state index contributed by atoms with van der Waals surface area (Å²) in [6, 6.07) is 0. The standard InChI is InChI=1S/C37H68NO9P/c1-5-6-7-8-9-10-11-12-13-16-19-22-25-28-36(40)44-33-35(34-46-48(42,43)45-32-30-38(2,3)4)47-37(41)29-26-23-20-17-14-15-18-21-24-27-31-39/h18,21,24,27,31,35H,5-17,19-20,22-23,25-26,28-30,32-34H2,1-4H3/p+1/b21-18+,27-24+/t35-/m1/s1. The fourth-order valence-electron chi connectivity index (χ4n) is 4.90. The third-order valence-electron chi connectivity index (χ3n) is 7.84. The number of phosphoric ester groups is 1. The Labute approximate surface area is 292 Å². The zero-order valence-electron chi connectivity index (χ0n) is 30.7. The quantitative estimate of drug-likeness (QED) is 0.0133. The minimum absolute atomic E-state index is 0.0172. The molecule has 0 saturated carbocycles. The number of hydrogen-bond donors (Lipinski definition) is 1. The molecule has 1 unspecified atom stereocenters. The zero-order chi connectivity index (χ0) is 35.8. The van der Waals surface area contributed by atoms with Crippen LogP contribution in [0.5, 0.6) is 0 Å². The molecule has 0 aliphatic rings. The average molecular weight is 703 g/mol. The lowest BCUT2D eigenvalue weighted by molar-refractivity contribution is -0.870. The van der Waals surface area contributed by atoms with Gasteiger partial charge in [-0.05, 0) is 31.8 Å². The summed E-state index contributed by atoms with van der Waals surface area (Å²) in [7, 11) is 1.42. The van der Waals surface area contributed by atoms with Crippen LogP contribution >= 0.6 is 7.82 Å². The topological polar surface area (TPSA) is 125 Å². The van der Waals surface area contributed by atoms with Crippen molar-refractivity contribution in [2.75, 3.05) is 47.5 Å². The number of carbonyl (C=O) groups excluding carboxylic acids is 3. The second-order valence-corrected chi connectivity index (χ2v) is 15.1. The van der Waals surface area contributed by atoms with Gasteiger partial charge in [-0.3, -0.25) is 23.4 Å². The van der Waals surface area contributed by atoms with Gasteiger partial charge in [-0.25, -0.2) is 4.57 Å². The van der Waals surface area contributed by atoms with Crippen LogP contribution in [0.4, 0.5) is 0 Å². The Bertz CT molecular complexity index is 917. The smallest absolute Gasteiger partial charge is 0.462 e. The van der Waals surface area contributed by atoms with Crippen molar-refractivity contribution < 1.29 is 46.8 Å². The van der Waals surface area contributed by atoms with Gasteiger partial charge in [0.25, 0.3) is 0 Å². The maximum absolute atomic E-state index is 12.6. The first-order valence-electron chi connectivity index (χ1n) is 18.5. The van der Waals surface area contributed by atoms with E-state index in [4.69, 9.17) is 18.5 Å². The predicted octanol–water partition coefficient (Wildman–Crippen LogP) is 8.80. The number of esters is 2. The Morgan fingerprint density at radius 3 is 1.75 bits per heavy atom. The number of rotatable bonds is 34. The zero-order valence-corrected chi connectivity index (χ0v) is 31.6. The first-order valence-corrected chi connectivity index (χ1v) is 20.0. The summed E-state index contributed by atoms with van der Waals surface area (Å²) in [4.78, 5) is 45.3. The van der Waals surface area contributed by atoms with Gasteiger partial charge in [0.1, 0.15) is 26.0 Å². The monoisotopic (exact) mass is 702 g/mol. The third kappa shape index (κ3) is 34.0. The molecule has 0 aromatic carbocycles. The molecule has 280 valence electrons. The number of nitrogens with zero attached hydrogens (tertiary/aromatic N) is 1. The number of ether oxygens (including phenoxy) is 2. The average Bonchev–Trinajstić information content (AvgIpc) is 3.02. The number of phosphoric acid groups is 1. The van der Waals surface area contributed by atoms with E-state index >= 15 is 0 Å². The van der Waals surface area contributed by atoms with Crippen molar-refractivity contribution >= 4 is 26.0 Å². The molecule has 0 radical (unpaired) electrons. The molecule has 0 bridgehead atoms. The number of carbonyl (C=O) groups is 3. The van der Waals surface area contributed by atoms with Crippen LogP contribution in [0.15, 0.2) is 24.3 Å². The van der Waals surface area contributed by atoms with Crippen molar-refractivity contribution in [2.24, 2.45) is 0 Å². The molecule has 11 heteroatoms. The molecule has 0 saturated heterocycles. The Balaban J connectivity index is 4.44. The maximum atomic E-state index is 12.6. The maximum Gasteiger partial charge on any atom is 0.472 e. The van der Waals surface area contributed by atoms with E-state index in [1.54, 1.807) is 6.08 Å². The van der Waals surface area contributed by atoms with E-state index in [9.17, 15) is 23.8 Å². The third-order valence-corrected chi connectivity index (χ3v) is 8.83. The van der Waals surface area contributed by atoms with Crippen LogP contribution in [0, 0.1) is 0 Å². The van der Waals surface area contributed by atoms with E-state index in [1.165, 1.54) is 70.3 Å². The second-order valence-electron chi connectivity index (χ2n) is 13.7. The minimum Gasteiger partial charge on any atom is -0.462 e. The molecule has 0 aromatic heterocycles. The summed E-state index contributed by atoms with van der Waals surface area (Å²) in [5, 5.41) is 0. The summed E-state index contributed by atoms with van der Waals surface area (Å²) in [5.74, 6) is -0.861. The van der Waals surface area contributed by atoms with Crippen LogP contribution in [0.25, 0.3) is 0 Å². The summed E-state index contributed by atoms with van der Waals surface area (Å²) >= 11 is 0. The number of quaternary nitrogens is 1. The van der Waals surface area contributed by atoms with Gasteiger partial charge in [0.2, 0.25) is 0 Å². The highest BCUT2D eigenvalue weighted by Gasteiger charge is 2.27. The van der Waals surface area contributed by atoms with Crippen molar-refractivity contribution in [3.63, 3.8) is 0 Å². The number of likely N-dealkylation sites (N-methyl/N-ethyl adjacent to an activating group) is 1. The van der Waals surface area contributed by atoms with Gasteiger partial charge in [0.15, 0.2) is 6.10 Å². The summed E-state index contributed by atoms with van der Waals surface area (Å²) in [5.41, 5.74) is 0. The van der Waals surface area contributed by atoms with E-state index in [2.05, 4.69) is 6.92 Å². The highest BCUT2D eigenvalue weighted by Crippen LogP contribution is 2.43. The Kier molecular flexibility index (Phi) is 30.0. The number of allylic oxidation sites excluding steroid dienone is 4. The van der Waals surface area contributed by atoms with Crippen molar-refractivity contribution in [3.05, 3.63) is 24.3 Å². The molecule has 0 aromatic rings.